The monoisotopic (exact) mass is 142 g/mol. The van der Waals surface area contributed by atoms with Gasteiger partial charge in [0.2, 0.25) is 5.91 Å². The Kier molecular flexibility index (Phi) is 2.27. The zero-order chi connectivity index (χ0) is 7.56. The first-order chi connectivity index (χ1) is 4.70. The van der Waals surface area contributed by atoms with Crippen LogP contribution in [-0.4, -0.2) is 25.0 Å². The molecule has 1 rings (SSSR count). The number of hydrogen-bond acceptors (Lipinski definition) is 2. The minimum absolute atomic E-state index is 0.0700. The van der Waals surface area contributed by atoms with Gasteiger partial charge in [0.05, 0.1) is 0 Å². The highest BCUT2D eigenvalue weighted by Crippen LogP contribution is 2.06. The fourth-order valence-electron chi connectivity index (χ4n) is 1.26. The van der Waals surface area contributed by atoms with E-state index in [0.717, 1.165) is 13.1 Å². The Hall–Kier alpha value is -0.570. The highest BCUT2D eigenvalue weighted by molar-refractivity contribution is 5.73. The van der Waals surface area contributed by atoms with E-state index in [2.05, 4.69) is 17.6 Å². The highest BCUT2D eigenvalue weighted by Gasteiger charge is 2.22. The first kappa shape index (κ1) is 7.54. The fraction of sp³-hybridized carbons (Fsp3) is 0.857. The summed E-state index contributed by atoms with van der Waals surface area (Å²) in [5, 5.41) is 6.10. The minimum atomic E-state index is 0.0700. The maximum atomic E-state index is 10.6. The summed E-state index contributed by atoms with van der Waals surface area (Å²) in [7, 11) is 0. The SMILES string of the molecule is CC(=O)N[C@H]1CNC[C@@H]1C. The summed E-state index contributed by atoms with van der Waals surface area (Å²) in [5.74, 6) is 0.643. The largest absolute Gasteiger partial charge is 0.352 e. The Morgan fingerprint density at radius 1 is 1.60 bits per heavy atom. The van der Waals surface area contributed by atoms with Gasteiger partial charge in [-0.3, -0.25) is 4.79 Å². The van der Waals surface area contributed by atoms with Crippen molar-refractivity contribution in [3.63, 3.8) is 0 Å². The van der Waals surface area contributed by atoms with Crippen molar-refractivity contribution in [2.24, 2.45) is 5.92 Å². The third-order valence-corrected chi connectivity index (χ3v) is 1.91. The predicted octanol–water partition coefficient (Wildman–Crippen LogP) is -0.270. The van der Waals surface area contributed by atoms with E-state index in [0.29, 0.717) is 12.0 Å². The molecule has 1 heterocycles. The van der Waals surface area contributed by atoms with Crippen LogP contribution < -0.4 is 10.6 Å². The summed E-state index contributed by atoms with van der Waals surface area (Å²) in [6.45, 7) is 5.64. The standard InChI is InChI=1S/C7H14N2O/c1-5-3-8-4-7(5)9-6(2)10/h5,7-8H,3-4H2,1-2H3,(H,9,10)/t5-,7-/m0/s1. The first-order valence-corrected chi connectivity index (χ1v) is 3.68. The Morgan fingerprint density at radius 3 is 2.70 bits per heavy atom. The molecule has 1 aliphatic heterocycles. The van der Waals surface area contributed by atoms with Crippen LogP contribution >= 0.6 is 0 Å². The lowest BCUT2D eigenvalue weighted by atomic mass is 10.1. The molecule has 10 heavy (non-hydrogen) atoms. The van der Waals surface area contributed by atoms with Crippen molar-refractivity contribution < 1.29 is 4.79 Å². The molecule has 0 unspecified atom stereocenters. The van der Waals surface area contributed by atoms with Gasteiger partial charge in [-0.15, -0.1) is 0 Å². The van der Waals surface area contributed by atoms with E-state index in [-0.39, 0.29) is 5.91 Å². The van der Waals surface area contributed by atoms with Gasteiger partial charge in [-0.2, -0.15) is 0 Å². The van der Waals surface area contributed by atoms with E-state index < -0.39 is 0 Å². The number of amides is 1. The van der Waals surface area contributed by atoms with Crippen molar-refractivity contribution in [1.82, 2.24) is 10.6 Å². The molecule has 1 saturated heterocycles. The van der Waals surface area contributed by atoms with Gasteiger partial charge >= 0.3 is 0 Å². The van der Waals surface area contributed by atoms with Gasteiger partial charge in [-0.1, -0.05) is 6.92 Å². The second-order valence-electron chi connectivity index (χ2n) is 2.94. The molecule has 58 valence electrons. The predicted molar refractivity (Wildman–Crippen MR) is 39.6 cm³/mol. The normalized spacial score (nSPS) is 32.2. The summed E-state index contributed by atoms with van der Waals surface area (Å²) < 4.78 is 0. The van der Waals surface area contributed by atoms with Gasteiger partial charge in [0, 0.05) is 19.5 Å². The van der Waals surface area contributed by atoms with E-state index in [1.54, 1.807) is 6.92 Å². The highest BCUT2D eigenvalue weighted by atomic mass is 16.1. The number of nitrogens with one attached hydrogen (secondary N) is 2. The van der Waals surface area contributed by atoms with Crippen LogP contribution in [0.1, 0.15) is 13.8 Å². The second-order valence-corrected chi connectivity index (χ2v) is 2.94. The van der Waals surface area contributed by atoms with E-state index in [4.69, 9.17) is 0 Å². The van der Waals surface area contributed by atoms with Crippen LogP contribution in [0, 0.1) is 5.92 Å². The molecule has 1 fully saturated rings. The molecule has 0 bridgehead atoms. The van der Waals surface area contributed by atoms with Crippen molar-refractivity contribution in [3.05, 3.63) is 0 Å². The average molecular weight is 142 g/mol. The molecule has 3 heteroatoms. The van der Waals surface area contributed by atoms with Gasteiger partial charge < -0.3 is 10.6 Å². The molecule has 0 aromatic carbocycles. The topological polar surface area (TPSA) is 41.1 Å². The molecule has 3 nitrogen and oxygen atoms in total. The second kappa shape index (κ2) is 3.01. The molecule has 0 aromatic rings. The van der Waals surface area contributed by atoms with Crippen LogP contribution in [0.15, 0.2) is 0 Å². The summed E-state index contributed by atoms with van der Waals surface area (Å²) in [4.78, 5) is 10.6. The van der Waals surface area contributed by atoms with E-state index in [1.807, 2.05) is 0 Å². The molecule has 0 saturated carbocycles. The average Bonchev–Trinajstić information content (AvgIpc) is 2.15. The number of rotatable bonds is 1. The lowest BCUT2D eigenvalue weighted by Gasteiger charge is -2.13. The maximum absolute atomic E-state index is 10.6. The van der Waals surface area contributed by atoms with Crippen molar-refractivity contribution in [2.45, 2.75) is 19.9 Å². The molecular formula is C7H14N2O. The molecule has 0 spiro atoms. The molecular weight excluding hydrogens is 128 g/mol. The van der Waals surface area contributed by atoms with Crippen molar-refractivity contribution in [2.75, 3.05) is 13.1 Å². The smallest absolute Gasteiger partial charge is 0.217 e. The minimum Gasteiger partial charge on any atom is -0.352 e. The first-order valence-electron chi connectivity index (χ1n) is 3.68. The lowest BCUT2D eigenvalue weighted by Crippen LogP contribution is -2.37. The summed E-state index contributed by atoms with van der Waals surface area (Å²) in [6.07, 6.45) is 0. The Labute approximate surface area is 61.2 Å². The zero-order valence-corrected chi connectivity index (χ0v) is 6.48. The molecule has 2 atom stereocenters. The molecule has 0 radical (unpaired) electrons. The van der Waals surface area contributed by atoms with Gasteiger partial charge in [-0.05, 0) is 12.5 Å². The van der Waals surface area contributed by atoms with E-state index >= 15 is 0 Å². The number of carbonyl (C=O) groups excluding carboxylic acids is 1. The summed E-state index contributed by atoms with van der Waals surface area (Å²) in [5.41, 5.74) is 0. The van der Waals surface area contributed by atoms with E-state index in [9.17, 15) is 4.79 Å². The maximum Gasteiger partial charge on any atom is 0.217 e. The van der Waals surface area contributed by atoms with Crippen LogP contribution in [0.3, 0.4) is 0 Å². The van der Waals surface area contributed by atoms with Crippen LogP contribution in [-0.2, 0) is 4.79 Å². The van der Waals surface area contributed by atoms with Crippen LogP contribution in [0.4, 0.5) is 0 Å². The quantitative estimate of drug-likeness (QED) is 0.529. The van der Waals surface area contributed by atoms with Crippen LogP contribution in [0.5, 0.6) is 0 Å². The molecule has 0 aliphatic carbocycles. The number of carbonyl (C=O) groups is 1. The molecule has 2 N–H and O–H groups in total. The molecule has 1 aliphatic rings. The van der Waals surface area contributed by atoms with Crippen LogP contribution in [0.25, 0.3) is 0 Å². The van der Waals surface area contributed by atoms with E-state index in [1.165, 1.54) is 0 Å². The summed E-state index contributed by atoms with van der Waals surface area (Å²) in [6, 6.07) is 0.345. The lowest BCUT2D eigenvalue weighted by molar-refractivity contribution is -0.119. The fourth-order valence-corrected chi connectivity index (χ4v) is 1.26. The Balaban J connectivity index is 2.33. The van der Waals surface area contributed by atoms with Gasteiger partial charge in [-0.25, -0.2) is 0 Å². The van der Waals surface area contributed by atoms with Gasteiger partial charge in [0.15, 0.2) is 0 Å². The van der Waals surface area contributed by atoms with Crippen molar-refractivity contribution in [3.8, 4) is 0 Å². The van der Waals surface area contributed by atoms with Crippen LogP contribution in [0.2, 0.25) is 0 Å². The Morgan fingerprint density at radius 2 is 2.30 bits per heavy atom. The van der Waals surface area contributed by atoms with Crippen molar-refractivity contribution >= 4 is 5.91 Å². The third kappa shape index (κ3) is 1.70. The molecule has 1 amide bonds. The molecule has 0 aromatic heterocycles. The van der Waals surface area contributed by atoms with Gasteiger partial charge in [0.25, 0.3) is 0 Å². The van der Waals surface area contributed by atoms with Gasteiger partial charge in [0.1, 0.15) is 0 Å². The summed E-state index contributed by atoms with van der Waals surface area (Å²) >= 11 is 0. The zero-order valence-electron chi connectivity index (χ0n) is 6.48. The Bertz CT molecular complexity index is 136. The van der Waals surface area contributed by atoms with Crippen molar-refractivity contribution in [1.29, 1.82) is 0 Å². The third-order valence-electron chi connectivity index (χ3n) is 1.91. The number of hydrogen-bond donors (Lipinski definition) is 2.